The predicted octanol–water partition coefficient (Wildman–Crippen LogP) is 3.55. The number of guanidine groups is 1. The van der Waals surface area contributed by atoms with Crippen molar-refractivity contribution in [3.63, 3.8) is 0 Å². The predicted molar refractivity (Wildman–Crippen MR) is 125 cm³/mol. The van der Waals surface area contributed by atoms with E-state index in [1.807, 2.05) is 0 Å². The van der Waals surface area contributed by atoms with Crippen molar-refractivity contribution in [2.75, 3.05) is 59.6 Å². The molecule has 170 valence electrons. The molecule has 30 heavy (non-hydrogen) atoms. The molecule has 0 aromatic heterocycles. The first-order valence-corrected chi connectivity index (χ1v) is 11.7. The fourth-order valence-corrected chi connectivity index (χ4v) is 4.06. The van der Waals surface area contributed by atoms with Crippen LogP contribution in [0.15, 0.2) is 35.3 Å². The number of nitrogens with zero attached hydrogens (tertiary/aromatic N) is 3. The summed E-state index contributed by atoms with van der Waals surface area (Å²) in [5, 5.41) is 3.51. The van der Waals surface area contributed by atoms with Crippen molar-refractivity contribution in [3.05, 3.63) is 35.9 Å². The third-order valence-corrected chi connectivity index (χ3v) is 5.77. The molecule has 0 saturated carbocycles. The summed E-state index contributed by atoms with van der Waals surface area (Å²) in [6, 6.07) is 11.1. The van der Waals surface area contributed by atoms with Gasteiger partial charge in [-0.25, -0.2) is 0 Å². The lowest BCUT2D eigenvalue weighted by Gasteiger charge is -2.35. The largest absolute Gasteiger partial charge is 0.385 e. The van der Waals surface area contributed by atoms with Crippen molar-refractivity contribution in [2.24, 2.45) is 4.99 Å². The monoisotopic (exact) mass is 418 g/mol. The van der Waals surface area contributed by atoms with Crippen LogP contribution in [-0.4, -0.2) is 81.5 Å². The zero-order chi connectivity index (χ0) is 21.6. The number of benzene rings is 1. The van der Waals surface area contributed by atoms with Crippen LogP contribution in [0.5, 0.6) is 0 Å². The fourth-order valence-electron chi connectivity index (χ4n) is 4.06. The SMILES string of the molecule is CCNC(=NCC(c1ccccc1)N(CC)CC)N1CCC(OCCCOC)CC1. The Hall–Kier alpha value is -1.63. The third-order valence-electron chi connectivity index (χ3n) is 5.77. The Morgan fingerprint density at radius 2 is 1.83 bits per heavy atom. The number of likely N-dealkylation sites (tertiary alicyclic amines) is 1. The van der Waals surface area contributed by atoms with Gasteiger partial charge in [-0.05, 0) is 44.8 Å². The van der Waals surface area contributed by atoms with Crippen molar-refractivity contribution < 1.29 is 9.47 Å². The molecule has 1 N–H and O–H groups in total. The topological polar surface area (TPSA) is 49.3 Å². The Labute approximate surface area is 183 Å². The van der Waals surface area contributed by atoms with E-state index in [2.05, 4.69) is 66.2 Å². The number of rotatable bonds is 12. The van der Waals surface area contributed by atoms with Crippen LogP contribution in [0.1, 0.15) is 51.6 Å². The highest BCUT2D eigenvalue weighted by atomic mass is 16.5. The first-order valence-electron chi connectivity index (χ1n) is 11.7. The average molecular weight is 419 g/mol. The molecular formula is C24H42N4O2. The van der Waals surface area contributed by atoms with Crippen LogP contribution in [0.2, 0.25) is 0 Å². The van der Waals surface area contributed by atoms with Gasteiger partial charge in [-0.3, -0.25) is 9.89 Å². The lowest BCUT2D eigenvalue weighted by molar-refractivity contribution is 0.00988. The molecule has 1 fully saturated rings. The van der Waals surface area contributed by atoms with E-state index in [-0.39, 0.29) is 0 Å². The van der Waals surface area contributed by atoms with E-state index in [4.69, 9.17) is 14.5 Å². The zero-order valence-corrected chi connectivity index (χ0v) is 19.5. The van der Waals surface area contributed by atoms with Crippen molar-refractivity contribution >= 4 is 5.96 Å². The van der Waals surface area contributed by atoms with Gasteiger partial charge in [-0.1, -0.05) is 44.2 Å². The first-order chi connectivity index (χ1) is 14.7. The van der Waals surface area contributed by atoms with Crippen LogP contribution < -0.4 is 5.32 Å². The van der Waals surface area contributed by atoms with Gasteiger partial charge in [0.25, 0.3) is 0 Å². The van der Waals surface area contributed by atoms with Crippen LogP contribution in [0.25, 0.3) is 0 Å². The van der Waals surface area contributed by atoms with E-state index in [1.54, 1.807) is 7.11 Å². The number of nitrogens with one attached hydrogen (secondary N) is 1. The Morgan fingerprint density at radius 3 is 2.43 bits per heavy atom. The highest BCUT2D eigenvalue weighted by Gasteiger charge is 2.23. The molecule has 1 atom stereocenters. The van der Waals surface area contributed by atoms with E-state index < -0.39 is 0 Å². The summed E-state index contributed by atoms with van der Waals surface area (Å²) in [5.74, 6) is 1.03. The standard InChI is InChI=1S/C24H42N4O2/c1-5-25-24(28-16-14-22(15-17-28)30-19-11-18-29-4)26-20-23(27(6-2)7-3)21-12-9-8-10-13-21/h8-10,12-13,22-23H,5-7,11,14-20H2,1-4H3,(H,25,26). The summed E-state index contributed by atoms with van der Waals surface area (Å²) < 4.78 is 11.1. The van der Waals surface area contributed by atoms with E-state index in [0.717, 1.165) is 77.7 Å². The summed E-state index contributed by atoms with van der Waals surface area (Å²) in [4.78, 5) is 9.95. The van der Waals surface area contributed by atoms with Gasteiger partial charge in [0.15, 0.2) is 5.96 Å². The molecule has 1 unspecified atom stereocenters. The van der Waals surface area contributed by atoms with Gasteiger partial charge < -0.3 is 19.7 Å². The van der Waals surface area contributed by atoms with Gasteiger partial charge in [-0.2, -0.15) is 0 Å². The van der Waals surface area contributed by atoms with Gasteiger partial charge in [-0.15, -0.1) is 0 Å². The number of ether oxygens (including phenoxy) is 2. The van der Waals surface area contributed by atoms with Crippen LogP contribution in [0.3, 0.4) is 0 Å². The highest BCUT2D eigenvalue weighted by molar-refractivity contribution is 5.80. The average Bonchev–Trinajstić information content (AvgIpc) is 2.80. The summed E-state index contributed by atoms with van der Waals surface area (Å²) in [7, 11) is 1.74. The first kappa shape index (κ1) is 24.6. The molecule has 1 heterocycles. The van der Waals surface area contributed by atoms with Gasteiger partial charge in [0.05, 0.1) is 18.7 Å². The maximum absolute atomic E-state index is 6.02. The Morgan fingerprint density at radius 1 is 1.13 bits per heavy atom. The van der Waals surface area contributed by atoms with Crippen LogP contribution in [0.4, 0.5) is 0 Å². The Kier molecular flexibility index (Phi) is 11.8. The fraction of sp³-hybridized carbons (Fsp3) is 0.708. The van der Waals surface area contributed by atoms with Crippen molar-refractivity contribution in [1.82, 2.24) is 15.1 Å². The van der Waals surface area contributed by atoms with Gasteiger partial charge in [0.2, 0.25) is 0 Å². The van der Waals surface area contributed by atoms with Crippen molar-refractivity contribution in [1.29, 1.82) is 0 Å². The molecule has 1 aromatic carbocycles. The second-order valence-electron chi connectivity index (χ2n) is 7.75. The summed E-state index contributed by atoms with van der Waals surface area (Å²) in [5.41, 5.74) is 1.34. The second kappa shape index (κ2) is 14.4. The smallest absolute Gasteiger partial charge is 0.193 e. The maximum Gasteiger partial charge on any atom is 0.193 e. The summed E-state index contributed by atoms with van der Waals surface area (Å²) in [6.45, 7) is 13.8. The number of likely N-dealkylation sites (N-methyl/N-ethyl adjacent to an activating group) is 1. The zero-order valence-electron chi connectivity index (χ0n) is 19.5. The lowest BCUT2D eigenvalue weighted by Crippen LogP contribution is -2.47. The maximum atomic E-state index is 6.02. The van der Waals surface area contributed by atoms with E-state index >= 15 is 0 Å². The van der Waals surface area contributed by atoms with Crippen molar-refractivity contribution in [3.8, 4) is 0 Å². The quantitative estimate of drug-likeness (QED) is 0.320. The van der Waals surface area contributed by atoms with Gasteiger partial charge in [0.1, 0.15) is 0 Å². The molecule has 1 aliphatic heterocycles. The third kappa shape index (κ3) is 7.89. The minimum Gasteiger partial charge on any atom is -0.385 e. The van der Waals surface area contributed by atoms with E-state index in [0.29, 0.717) is 12.1 Å². The highest BCUT2D eigenvalue weighted by Crippen LogP contribution is 2.21. The molecule has 0 aliphatic carbocycles. The van der Waals surface area contributed by atoms with Crippen LogP contribution >= 0.6 is 0 Å². The molecule has 0 amide bonds. The van der Waals surface area contributed by atoms with Crippen molar-refractivity contribution in [2.45, 2.75) is 52.2 Å². The molecule has 6 nitrogen and oxygen atoms in total. The molecule has 0 bridgehead atoms. The normalized spacial score (nSPS) is 16.8. The summed E-state index contributed by atoms with van der Waals surface area (Å²) in [6.07, 6.45) is 3.42. The van der Waals surface area contributed by atoms with Crippen LogP contribution in [-0.2, 0) is 9.47 Å². The minimum atomic E-state index is 0.302. The van der Waals surface area contributed by atoms with E-state index in [9.17, 15) is 0 Å². The molecule has 2 rings (SSSR count). The molecule has 1 aromatic rings. The molecular weight excluding hydrogens is 376 g/mol. The van der Waals surface area contributed by atoms with Crippen LogP contribution in [0, 0.1) is 0 Å². The Balaban J connectivity index is 1.98. The summed E-state index contributed by atoms with van der Waals surface area (Å²) >= 11 is 0. The number of hydrogen-bond acceptors (Lipinski definition) is 4. The number of methoxy groups -OCH3 is 1. The molecule has 6 heteroatoms. The van der Waals surface area contributed by atoms with E-state index in [1.165, 1.54) is 5.56 Å². The lowest BCUT2D eigenvalue weighted by atomic mass is 10.1. The minimum absolute atomic E-state index is 0.302. The molecule has 1 aliphatic rings. The molecule has 1 saturated heterocycles. The number of piperidine rings is 1. The molecule has 0 radical (unpaired) electrons. The Bertz CT molecular complexity index is 584. The molecule has 0 spiro atoms. The number of aliphatic imine (C=N–C) groups is 1. The number of hydrogen-bond donors (Lipinski definition) is 1. The van der Waals surface area contributed by atoms with Gasteiger partial charge in [0, 0.05) is 40.0 Å². The van der Waals surface area contributed by atoms with Gasteiger partial charge >= 0.3 is 0 Å². The second-order valence-corrected chi connectivity index (χ2v) is 7.75.